The highest BCUT2D eigenvalue weighted by Crippen LogP contribution is 2.35. The van der Waals surface area contributed by atoms with Gasteiger partial charge in [-0.1, -0.05) is 36.4 Å². The van der Waals surface area contributed by atoms with Crippen LogP contribution in [0.5, 0.6) is 0 Å². The molecule has 2 N–H and O–H groups in total. The molecule has 0 bridgehead atoms. The van der Waals surface area contributed by atoms with Crippen LogP contribution < -0.4 is 5.73 Å². The van der Waals surface area contributed by atoms with Gasteiger partial charge in [0.25, 0.3) is 0 Å². The Labute approximate surface area is 210 Å². The molecule has 5 rings (SSSR count). The summed E-state index contributed by atoms with van der Waals surface area (Å²) in [7, 11) is 0. The SMILES string of the molecule is CC(=O)c1c(CN2CCN(C(C)=O)CC2)nc2c(C3(C)C=NC(c4ccccc4)=CC3)cnn2c1N. The van der Waals surface area contributed by atoms with Crippen LogP contribution in [0.25, 0.3) is 11.3 Å². The van der Waals surface area contributed by atoms with Gasteiger partial charge in [-0.05, 0) is 25.8 Å². The van der Waals surface area contributed by atoms with E-state index in [-0.39, 0.29) is 11.7 Å². The number of aromatic nitrogens is 3. The molecule has 1 amide bonds. The number of benzene rings is 1. The maximum atomic E-state index is 12.6. The summed E-state index contributed by atoms with van der Waals surface area (Å²) in [6.45, 7) is 8.44. The Morgan fingerprint density at radius 1 is 1.08 bits per heavy atom. The monoisotopic (exact) mass is 485 g/mol. The van der Waals surface area contributed by atoms with Gasteiger partial charge < -0.3 is 10.6 Å². The first-order valence-electron chi connectivity index (χ1n) is 12.2. The number of nitrogens with two attached hydrogens (primary N) is 1. The minimum Gasteiger partial charge on any atom is -0.383 e. The second-order valence-electron chi connectivity index (χ2n) is 9.79. The lowest BCUT2D eigenvalue weighted by molar-refractivity contribution is -0.130. The van der Waals surface area contributed by atoms with Crippen LogP contribution in [0.3, 0.4) is 0 Å². The lowest BCUT2D eigenvalue weighted by Crippen LogP contribution is -2.47. The first kappa shape index (κ1) is 23.9. The van der Waals surface area contributed by atoms with E-state index < -0.39 is 5.41 Å². The van der Waals surface area contributed by atoms with Crippen LogP contribution >= 0.6 is 0 Å². The second-order valence-corrected chi connectivity index (χ2v) is 9.79. The number of hydrogen-bond acceptors (Lipinski definition) is 7. The van der Waals surface area contributed by atoms with Crippen molar-refractivity contribution in [3.63, 3.8) is 0 Å². The Hall–Kier alpha value is -3.85. The summed E-state index contributed by atoms with van der Waals surface area (Å²) in [6.07, 6.45) is 6.62. The van der Waals surface area contributed by atoms with Crippen LogP contribution in [0.4, 0.5) is 5.82 Å². The molecule has 36 heavy (non-hydrogen) atoms. The number of nitrogen functional groups attached to an aromatic ring is 1. The maximum Gasteiger partial charge on any atom is 0.219 e. The highest BCUT2D eigenvalue weighted by molar-refractivity contribution is 6.00. The fraction of sp³-hybridized carbons (Fsp3) is 0.370. The van der Waals surface area contributed by atoms with Gasteiger partial charge in [-0.2, -0.15) is 9.61 Å². The molecule has 0 saturated carbocycles. The molecule has 2 aromatic heterocycles. The molecule has 0 radical (unpaired) electrons. The minimum atomic E-state index is -0.415. The van der Waals surface area contributed by atoms with E-state index in [0.29, 0.717) is 55.4 Å². The number of aliphatic imine (C=N–C) groups is 1. The number of carbonyl (C=O) groups is 2. The Balaban J connectivity index is 1.48. The molecule has 0 spiro atoms. The standard InChI is InChI=1S/C27H31N7O2/c1-18(35)24-23(16-32-11-13-33(14-12-32)19(2)36)31-26-21(15-30-34(26)25(24)28)27(3)10-9-22(29-17-27)20-7-5-4-6-8-20/h4-9,15,17H,10-14,16,28H2,1-3H3. The molecule has 4 heterocycles. The molecular formula is C27H31N7O2. The number of hydrogen-bond donors (Lipinski definition) is 1. The van der Waals surface area contributed by atoms with Gasteiger partial charge >= 0.3 is 0 Å². The molecule has 9 heteroatoms. The number of anilines is 1. The molecule has 1 unspecified atom stereocenters. The van der Waals surface area contributed by atoms with E-state index in [0.717, 1.165) is 23.2 Å². The summed E-state index contributed by atoms with van der Waals surface area (Å²) in [4.78, 5) is 38.1. The van der Waals surface area contributed by atoms with Crippen LogP contribution in [-0.2, 0) is 16.8 Å². The summed E-state index contributed by atoms with van der Waals surface area (Å²) in [5, 5.41) is 4.51. The van der Waals surface area contributed by atoms with Gasteiger partial charge in [0.15, 0.2) is 11.4 Å². The van der Waals surface area contributed by atoms with E-state index in [1.54, 1.807) is 17.6 Å². The smallest absolute Gasteiger partial charge is 0.219 e. The predicted molar refractivity (Wildman–Crippen MR) is 140 cm³/mol. The van der Waals surface area contributed by atoms with Gasteiger partial charge in [0.2, 0.25) is 5.91 Å². The largest absolute Gasteiger partial charge is 0.383 e. The van der Waals surface area contributed by atoms with E-state index >= 15 is 0 Å². The fourth-order valence-electron chi connectivity index (χ4n) is 5.00. The van der Waals surface area contributed by atoms with Crippen molar-refractivity contribution in [1.82, 2.24) is 24.4 Å². The number of Topliss-reactive ketones (excluding diaryl/α,β-unsaturated/α-hetero) is 1. The van der Waals surface area contributed by atoms with Crippen molar-refractivity contribution in [2.45, 2.75) is 39.2 Å². The molecule has 1 saturated heterocycles. The summed E-state index contributed by atoms with van der Waals surface area (Å²) in [5.41, 5.74) is 10.7. The molecule has 1 fully saturated rings. The van der Waals surface area contributed by atoms with Crippen molar-refractivity contribution in [3.05, 3.63) is 65.0 Å². The van der Waals surface area contributed by atoms with Crippen molar-refractivity contribution in [2.75, 3.05) is 31.9 Å². The first-order valence-corrected chi connectivity index (χ1v) is 12.2. The second kappa shape index (κ2) is 9.31. The molecule has 3 aromatic rings. The molecule has 1 aromatic carbocycles. The number of nitrogens with zero attached hydrogens (tertiary/aromatic N) is 6. The van der Waals surface area contributed by atoms with Crippen LogP contribution in [0.1, 0.15) is 54.4 Å². The van der Waals surface area contributed by atoms with Crippen molar-refractivity contribution < 1.29 is 9.59 Å². The summed E-state index contributed by atoms with van der Waals surface area (Å²) in [5.74, 6) is 0.240. The van der Waals surface area contributed by atoms with Gasteiger partial charge in [0.05, 0.1) is 23.2 Å². The Bertz CT molecular complexity index is 1380. The van der Waals surface area contributed by atoms with E-state index in [1.807, 2.05) is 29.3 Å². The van der Waals surface area contributed by atoms with Gasteiger partial charge in [-0.3, -0.25) is 19.5 Å². The number of carbonyl (C=O) groups excluding carboxylic acids is 2. The van der Waals surface area contributed by atoms with Gasteiger partial charge in [-0.15, -0.1) is 0 Å². The highest BCUT2D eigenvalue weighted by atomic mass is 16.2. The third-order valence-corrected chi connectivity index (χ3v) is 7.19. The van der Waals surface area contributed by atoms with Gasteiger partial charge in [0, 0.05) is 56.8 Å². The first-order chi connectivity index (χ1) is 17.3. The van der Waals surface area contributed by atoms with Crippen LogP contribution in [0.15, 0.2) is 47.6 Å². The average molecular weight is 486 g/mol. The Morgan fingerprint density at radius 2 is 1.81 bits per heavy atom. The third kappa shape index (κ3) is 4.30. The van der Waals surface area contributed by atoms with Crippen molar-refractivity contribution in [3.8, 4) is 0 Å². The predicted octanol–water partition coefficient (Wildman–Crippen LogP) is 2.95. The minimum absolute atomic E-state index is 0.0821. The van der Waals surface area contributed by atoms with Crippen molar-refractivity contribution >= 4 is 35.1 Å². The lowest BCUT2D eigenvalue weighted by atomic mass is 9.80. The zero-order valence-electron chi connectivity index (χ0n) is 20.9. The van der Waals surface area contributed by atoms with E-state index in [9.17, 15) is 9.59 Å². The lowest BCUT2D eigenvalue weighted by Gasteiger charge is -2.34. The number of allylic oxidation sites excluding steroid dienone is 1. The number of fused-ring (bicyclic) bond motifs is 1. The summed E-state index contributed by atoms with van der Waals surface area (Å²) >= 11 is 0. The zero-order valence-corrected chi connectivity index (χ0v) is 20.9. The van der Waals surface area contributed by atoms with Crippen LogP contribution in [0.2, 0.25) is 0 Å². The molecule has 186 valence electrons. The third-order valence-electron chi connectivity index (χ3n) is 7.19. The van der Waals surface area contributed by atoms with E-state index in [1.165, 1.54) is 6.92 Å². The normalized spacial score (nSPS) is 20.5. The molecule has 0 aliphatic carbocycles. The molecule has 1 atom stereocenters. The quantitative estimate of drug-likeness (QED) is 0.557. The summed E-state index contributed by atoms with van der Waals surface area (Å²) < 4.78 is 1.57. The molecular weight excluding hydrogens is 454 g/mol. The highest BCUT2D eigenvalue weighted by Gasteiger charge is 2.32. The number of piperazine rings is 1. The van der Waals surface area contributed by atoms with Gasteiger partial charge in [-0.25, -0.2) is 4.98 Å². The van der Waals surface area contributed by atoms with E-state index in [4.69, 9.17) is 15.7 Å². The molecule has 9 nitrogen and oxygen atoms in total. The molecule has 2 aliphatic heterocycles. The Morgan fingerprint density at radius 3 is 2.42 bits per heavy atom. The number of ketones is 1. The van der Waals surface area contributed by atoms with Crippen LogP contribution in [0, 0.1) is 0 Å². The van der Waals surface area contributed by atoms with Gasteiger partial charge in [0.1, 0.15) is 5.82 Å². The van der Waals surface area contributed by atoms with E-state index in [2.05, 4.69) is 35.1 Å². The topological polar surface area (TPSA) is 109 Å². The fourth-order valence-corrected chi connectivity index (χ4v) is 5.00. The Kier molecular flexibility index (Phi) is 6.17. The van der Waals surface area contributed by atoms with Crippen molar-refractivity contribution in [1.29, 1.82) is 0 Å². The number of amides is 1. The van der Waals surface area contributed by atoms with Crippen LogP contribution in [-0.4, -0.2) is 68.5 Å². The zero-order chi connectivity index (χ0) is 25.4. The maximum absolute atomic E-state index is 12.6. The molecule has 2 aliphatic rings. The van der Waals surface area contributed by atoms with Crippen molar-refractivity contribution in [2.24, 2.45) is 4.99 Å². The average Bonchev–Trinajstić information content (AvgIpc) is 3.30. The number of rotatable bonds is 5. The summed E-state index contributed by atoms with van der Waals surface area (Å²) in [6, 6.07) is 10.1.